The van der Waals surface area contributed by atoms with Crippen LogP contribution in [0.15, 0.2) is 120 Å². The van der Waals surface area contributed by atoms with Crippen molar-refractivity contribution in [2.24, 2.45) is 0 Å². The van der Waals surface area contributed by atoms with Crippen molar-refractivity contribution in [3.8, 4) is 22.3 Å². The highest BCUT2D eigenvalue weighted by Gasteiger charge is 2.16. The van der Waals surface area contributed by atoms with Crippen LogP contribution in [0.4, 0.5) is 0 Å². The number of hydrogen-bond acceptors (Lipinski definition) is 3. The summed E-state index contributed by atoms with van der Waals surface area (Å²) in [6.07, 6.45) is 0. The highest BCUT2D eigenvalue weighted by Crippen LogP contribution is 2.43. The number of aromatic nitrogens is 1. The van der Waals surface area contributed by atoms with Gasteiger partial charge in [-0.3, -0.25) is 0 Å². The predicted octanol–water partition coefficient (Wildman–Crippen LogP) is 9.84. The van der Waals surface area contributed by atoms with Gasteiger partial charge in [0.25, 0.3) is 0 Å². The summed E-state index contributed by atoms with van der Waals surface area (Å²) in [5, 5.41) is 4.72. The summed E-state index contributed by atoms with van der Waals surface area (Å²) < 4.78 is 8.54. The fourth-order valence-electron chi connectivity index (χ4n) is 5.36. The minimum atomic E-state index is 0.923. The van der Waals surface area contributed by atoms with Crippen molar-refractivity contribution in [2.45, 2.75) is 0 Å². The minimum Gasteiger partial charge on any atom is -0.456 e. The number of nitrogens with zero attached hydrogens (tertiary/aromatic N) is 1. The van der Waals surface area contributed by atoms with Crippen LogP contribution in [-0.2, 0) is 0 Å². The van der Waals surface area contributed by atoms with Crippen molar-refractivity contribution >= 4 is 64.5 Å². The predicted molar refractivity (Wildman–Crippen MR) is 153 cm³/mol. The Morgan fingerprint density at radius 2 is 1.19 bits per heavy atom. The number of para-hydroxylation sites is 2. The monoisotopic (exact) mass is 477 g/mol. The van der Waals surface area contributed by atoms with Crippen molar-refractivity contribution in [1.82, 2.24) is 4.98 Å². The van der Waals surface area contributed by atoms with E-state index >= 15 is 0 Å². The van der Waals surface area contributed by atoms with Crippen LogP contribution in [0.3, 0.4) is 0 Å². The molecule has 8 aromatic rings. The van der Waals surface area contributed by atoms with Gasteiger partial charge < -0.3 is 4.42 Å². The number of thiophene rings is 1. The van der Waals surface area contributed by atoms with E-state index in [2.05, 4.69) is 103 Å². The van der Waals surface area contributed by atoms with Gasteiger partial charge in [0, 0.05) is 31.8 Å². The van der Waals surface area contributed by atoms with E-state index in [1.54, 1.807) is 0 Å². The van der Waals surface area contributed by atoms with Gasteiger partial charge in [0.05, 0.1) is 15.7 Å². The van der Waals surface area contributed by atoms with Gasteiger partial charge in [-0.15, -0.1) is 11.3 Å². The lowest BCUT2D eigenvalue weighted by atomic mass is 9.96. The Labute approximate surface area is 211 Å². The zero-order chi connectivity index (χ0) is 23.6. The summed E-state index contributed by atoms with van der Waals surface area (Å²) in [5.41, 5.74) is 8.83. The topological polar surface area (TPSA) is 26.0 Å². The first kappa shape index (κ1) is 19.8. The molecule has 0 saturated carbocycles. The molecule has 0 radical (unpaired) electrons. The number of hydrogen-bond donors (Lipinski definition) is 0. The second-order valence-electron chi connectivity index (χ2n) is 9.17. The van der Waals surface area contributed by atoms with E-state index in [1.807, 2.05) is 23.5 Å². The van der Waals surface area contributed by atoms with E-state index in [9.17, 15) is 0 Å². The largest absolute Gasteiger partial charge is 0.456 e. The molecule has 5 aromatic carbocycles. The van der Waals surface area contributed by atoms with E-state index in [4.69, 9.17) is 9.40 Å². The summed E-state index contributed by atoms with van der Waals surface area (Å²) in [7, 11) is 0. The summed E-state index contributed by atoms with van der Waals surface area (Å²) in [6, 6.07) is 40.7. The maximum Gasteiger partial charge on any atom is 0.135 e. The Balaban J connectivity index is 1.32. The molecule has 0 aliphatic rings. The second kappa shape index (κ2) is 7.51. The molecule has 36 heavy (non-hydrogen) atoms. The van der Waals surface area contributed by atoms with Gasteiger partial charge in [-0.2, -0.15) is 0 Å². The zero-order valence-electron chi connectivity index (χ0n) is 19.2. The molecule has 2 nitrogen and oxygen atoms in total. The van der Waals surface area contributed by atoms with E-state index < -0.39 is 0 Å². The van der Waals surface area contributed by atoms with Crippen molar-refractivity contribution in [3.63, 3.8) is 0 Å². The van der Waals surface area contributed by atoms with E-state index in [0.717, 1.165) is 33.0 Å². The van der Waals surface area contributed by atoms with Crippen molar-refractivity contribution in [2.75, 3.05) is 0 Å². The minimum absolute atomic E-state index is 0.923. The quantitative estimate of drug-likeness (QED) is 0.248. The molecule has 3 heterocycles. The summed E-state index contributed by atoms with van der Waals surface area (Å²) in [4.78, 5) is 5.07. The van der Waals surface area contributed by atoms with Crippen molar-refractivity contribution < 1.29 is 4.42 Å². The second-order valence-corrected chi connectivity index (χ2v) is 10.2. The molecule has 0 fully saturated rings. The molecule has 0 aliphatic heterocycles. The molecular weight excluding hydrogens is 458 g/mol. The molecule has 8 rings (SSSR count). The van der Waals surface area contributed by atoms with Gasteiger partial charge in [-0.25, -0.2) is 4.98 Å². The Bertz CT molecular complexity index is 2100. The van der Waals surface area contributed by atoms with Crippen LogP contribution in [0, 0.1) is 0 Å². The van der Waals surface area contributed by atoms with Crippen LogP contribution in [-0.4, -0.2) is 4.98 Å². The molecule has 0 bridgehead atoms. The highest BCUT2D eigenvalue weighted by molar-refractivity contribution is 7.26. The Morgan fingerprint density at radius 3 is 2.08 bits per heavy atom. The maximum absolute atomic E-state index is 6.02. The molecule has 0 unspecified atom stereocenters. The van der Waals surface area contributed by atoms with Crippen LogP contribution >= 0.6 is 11.3 Å². The third kappa shape index (κ3) is 2.87. The Hall–Kier alpha value is -4.47. The van der Waals surface area contributed by atoms with Crippen LogP contribution in [0.5, 0.6) is 0 Å². The lowest BCUT2D eigenvalue weighted by Crippen LogP contribution is -1.87. The number of fused-ring (bicyclic) bond motifs is 7. The van der Waals surface area contributed by atoms with Gasteiger partial charge in [0.15, 0.2) is 0 Å². The lowest BCUT2D eigenvalue weighted by molar-refractivity contribution is 0.669. The van der Waals surface area contributed by atoms with Crippen molar-refractivity contribution in [1.29, 1.82) is 0 Å². The first-order valence-electron chi connectivity index (χ1n) is 12.1. The smallest absolute Gasteiger partial charge is 0.135 e. The molecule has 0 amide bonds. The zero-order valence-corrected chi connectivity index (χ0v) is 20.0. The normalized spacial score (nSPS) is 11.9. The van der Waals surface area contributed by atoms with Gasteiger partial charge in [-0.1, -0.05) is 84.9 Å². The molecule has 0 aliphatic carbocycles. The maximum atomic E-state index is 6.02. The summed E-state index contributed by atoms with van der Waals surface area (Å²) in [6.45, 7) is 0. The average molecular weight is 478 g/mol. The van der Waals surface area contributed by atoms with Gasteiger partial charge in [-0.05, 0) is 47.0 Å². The Kier molecular flexibility index (Phi) is 4.13. The molecule has 0 spiro atoms. The SMILES string of the molecule is c1ccc2c(-c3ccc(-c4ccc5oc6ccccc6c5c4)cc3)c3sc4ccccc4c3nc2c1. The van der Waals surface area contributed by atoms with Crippen LogP contribution in [0.1, 0.15) is 0 Å². The molecule has 3 aromatic heterocycles. The molecule has 0 N–H and O–H groups in total. The standard InChI is InChI=1S/C33H19NOS/c1-4-10-27-24(8-1)31(33-32(34-27)25-9-3-6-12-30(25)36-33)21-15-13-20(14-16-21)22-17-18-29-26(19-22)23-7-2-5-11-28(23)35-29/h1-19H. The van der Waals surface area contributed by atoms with E-state index in [-0.39, 0.29) is 0 Å². The van der Waals surface area contributed by atoms with E-state index in [0.29, 0.717) is 0 Å². The number of rotatable bonds is 2. The first-order valence-corrected chi connectivity index (χ1v) is 12.9. The molecule has 0 atom stereocenters. The summed E-state index contributed by atoms with van der Waals surface area (Å²) >= 11 is 1.83. The third-order valence-corrected chi connectivity index (χ3v) is 8.26. The van der Waals surface area contributed by atoms with Gasteiger partial charge in [0.1, 0.15) is 11.2 Å². The molecule has 3 heteroatoms. The third-order valence-electron chi connectivity index (χ3n) is 7.09. The van der Waals surface area contributed by atoms with Crippen molar-refractivity contribution in [3.05, 3.63) is 115 Å². The molecular formula is C33H19NOS. The van der Waals surface area contributed by atoms with E-state index in [1.165, 1.54) is 42.4 Å². The van der Waals surface area contributed by atoms with Crippen LogP contribution < -0.4 is 0 Å². The van der Waals surface area contributed by atoms with Gasteiger partial charge in [0.2, 0.25) is 0 Å². The number of benzene rings is 5. The van der Waals surface area contributed by atoms with Crippen LogP contribution in [0.2, 0.25) is 0 Å². The highest BCUT2D eigenvalue weighted by atomic mass is 32.1. The first-order chi connectivity index (χ1) is 17.8. The lowest BCUT2D eigenvalue weighted by Gasteiger charge is -2.10. The number of pyridine rings is 1. The fraction of sp³-hybridized carbons (Fsp3) is 0. The number of furan rings is 1. The summed E-state index contributed by atoms with van der Waals surface area (Å²) in [5.74, 6) is 0. The Morgan fingerprint density at radius 1 is 0.528 bits per heavy atom. The van der Waals surface area contributed by atoms with Gasteiger partial charge >= 0.3 is 0 Å². The average Bonchev–Trinajstić information content (AvgIpc) is 3.49. The van der Waals surface area contributed by atoms with Crippen LogP contribution in [0.25, 0.3) is 75.4 Å². The molecule has 0 saturated heterocycles. The fourth-order valence-corrected chi connectivity index (χ4v) is 6.58. The molecule has 168 valence electrons.